The van der Waals surface area contributed by atoms with Crippen LogP contribution in [0.4, 0.5) is 0 Å². The fourth-order valence-electron chi connectivity index (χ4n) is 1.05. The lowest BCUT2D eigenvalue weighted by molar-refractivity contribution is 0.174. The highest BCUT2D eigenvalue weighted by molar-refractivity contribution is 7.80. The normalized spacial score (nSPS) is 12.7. The SMILES string of the molecule is CNC(=S)c1cc2c(cn1)OCO2. The van der Waals surface area contributed by atoms with Crippen molar-refractivity contribution in [3.63, 3.8) is 0 Å². The quantitative estimate of drug-likeness (QED) is 0.670. The molecule has 13 heavy (non-hydrogen) atoms. The molecular weight excluding hydrogens is 188 g/mol. The second-order valence-corrected chi connectivity index (χ2v) is 2.91. The van der Waals surface area contributed by atoms with Crippen LogP contribution in [0.3, 0.4) is 0 Å². The van der Waals surface area contributed by atoms with Gasteiger partial charge in [0.15, 0.2) is 11.5 Å². The average Bonchev–Trinajstić information content (AvgIpc) is 2.63. The minimum Gasteiger partial charge on any atom is -0.453 e. The minimum absolute atomic E-state index is 0.257. The van der Waals surface area contributed by atoms with Crippen molar-refractivity contribution in [2.24, 2.45) is 0 Å². The van der Waals surface area contributed by atoms with E-state index in [-0.39, 0.29) is 6.79 Å². The molecule has 0 radical (unpaired) electrons. The Morgan fingerprint density at radius 2 is 2.31 bits per heavy atom. The van der Waals surface area contributed by atoms with Gasteiger partial charge in [0.05, 0.1) is 6.20 Å². The molecule has 0 bridgehead atoms. The topological polar surface area (TPSA) is 43.4 Å². The molecule has 0 atom stereocenters. The summed E-state index contributed by atoms with van der Waals surface area (Å²) in [6, 6.07) is 1.77. The van der Waals surface area contributed by atoms with E-state index in [1.807, 2.05) is 0 Å². The van der Waals surface area contributed by atoms with E-state index in [0.717, 1.165) is 0 Å². The van der Waals surface area contributed by atoms with Crippen LogP contribution in [0.1, 0.15) is 5.69 Å². The summed E-state index contributed by atoms with van der Waals surface area (Å²) < 4.78 is 10.3. The number of nitrogens with zero attached hydrogens (tertiary/aromatic N) is 1. The Morgan fingerprint density at radius 1 is 1.54 bits per heavy atom. The molecule has 0 spiro atoms. The van der Waals surface area contributed by atoms with Gasteiger partial charge in [0.25, 0.3) is 0 Å². The number of nitrogens with one attached hydrogen (secondary N) is 1. The molecule has 1 aliphatic rings. The summed E-state index contributed by atoms with van der Waals surface area (Å²) in [4.78, 5) is 4.71. The lowest BCUT2D eigenvalue weighted by atomic mass is 10.3. The van der Waals surface area contributed by atoms with Crippen molar-refractivity contribution >= 4 is 17.2 Å². The zero-order chi connectivity index (χ0) is 9.26. The van der Waals surface area contributed by atoms with Gasteiger partial charge in [-0.2, -0.15) is 0 Å². The van der Waals surface area contributed by atoms with Gasteiger partial charge in [-0.1, -0.05) is 12.2 Å². The van der Waals surface area contributed by atoms with E-state index in [1.54, 1.807) is 19.3 Å². The summed E-state index contributed by atoms with van der Waals surface area (Å²) in [5.74, 6) is 1.37. The van der Waals surface area contributed by atoms with E-state index in [2.05, 4.69) is 10.3 Å². The van der Waals surface area contributed by atoms with Gasteiger partial charge in [-0.25, -0.2) is 4.98 Å². The third-order valence-electron chi connectivity index (χ3n) is 1.72. The lowest BCUT2D eigenvalue weighted by Gasteiger charge is -2.02. The van der Waals surface area contributed by atoms with E-state index in [4.69, 9.17) is 21.7 Å². The molecular formula is C8H8N2O2S. The van der Waals surface area contributed by atoms with Crippen LogP contribution < -0.4 is 14.8 Å². The number of thiocarbonyl (C=S) groups is 1. The third kappa shape index (κ3) is 1.42. The lowest BCUT2D eigenvalue weighted by Crippen LogP contribution is -2.17. The summed E-state index contributed by atoms with van der Waals surface area (Å²) in [7, 11) is 1.76. The van der Waals surface area contributed by atoms with E-state index in [1.165, 1.54) is 0 Å². The molecule has 0 unspecified atom stereocenters. The van der Waals surface area contributed by atoms with Crippen molar-refractivity contribution in [3.8, 4) is 11.5 Å². The fraction of sp³-hybridized carbons (Fsp3) is 0.250. The summed E-state index contributed by atoms with van der Waals surface area (Å²) in [6.07, 6.45) is 1.61. The van der Waals surface area contributed by atoms with E-state index in [0.29, 0.717) is 22.2 Å². The number of ether oxygens (including phenoxy) is 2. The molecule has 0 fully saturated rings. The predicted molar refractivity (Wildman–Crippen MR) is 51.1 cm³/mol. The second-order valence-electron chi connectivity index (χ2n) is 2.50. The van der Waals surface area contributed by atoms with Gasteiger partial charge in [0, 0.05) is 13.1 Å². The molecule has 1 aromatic rings. The van der Waals surface area contributed by atoms with Crippen LogP contribution in [0, 0.1) is 0 Å². The van der Waals surface area contributed by atoms with Crippen molar-refractivity contribution in [3.05, 3.63) is 18.0 Å². The molecule has 0 aromatic carbocycles. The Labute approximate surface area is 80.9 Å². The largest absolute Gasteiger partial charge is 0.453 e. The van der Waals surface area contributed by atoms with Crippen LogP contribution in [0.25, 0.3) is 0 Å². The highest BCUT2D eigenvalue weighted by Crippen LogP contribution is 2.30. The summed E-state index contributed by atoms with van der Waals surface area (Å²) in [5, 5.41) is 2.84. The summed E-state index contributed by atoms with van der Waals surface area (Å²) in [5.41, 5.74) is 0.696. The van der Waals surface area contributed by atoms with Crippen LogP contribution in [0.2, 0.25) is 0 Å². The van der Waals surface area contributed by atoms with Crippen molar-refractivity contribution in [2.75, 3.05) is 13.8 Å². The minimum atomic E-state index is 0.257. The first-order chi connectivity index (χ1) is 6.31. The van der Waals surface area contributed by atoms with Gasteiger partial charge >= 0.3 is 0 Å². The Morgan fingerprint density at radius 3 is 3.08 bits per heavy atom. The van der Waals surface area contributed by atoms with E-state index in [9.17, 15) is 0 Å². The van der Waals surface area contributed by atoms with Gasteiger partial charge in [0.2, 0.25) is 6.79 Å². The summed E-state index contributed by atoms with van der Waals surface area (Å²) >= 11 is 5.02. The number of rotatable bonds is 1. The van der Waals surface area contributed by atoms with Gasteiger partial charge in [-0.05, 0) is 0 Å². The Balaban J connectivity index is 2.36. The highest BCUT2D eigenvalue weighted by atomic mass is 32.1. The summed E-state index contributed by atoms with van der Waals surface area (Å²) in [6.45, 7) is 0.257. The fourth-order valence-corrected chi connectivity index (χ4v) is 1.17. The molecule has 0 amide bonds. The van der Waals surface area contributed by atoms with Gasteiger partial charge in [-0.3, -0.25) is 0 Å². The van der Waals surface area contributed by atoms with Crippen molar-refractivity contribution < 1.29 is 9.47 Å². The van der Waals surface area contributed by atoms with Crippen LogP contribution >= 0.6 is 12.2 Å². The molecule has 2 rings (SSSR count). The zero-order valence-corrected chi connectivity index (χ0v) is 7.85. The first kappa shape index (κ1) is 8.25. The maximum Gasteiger partial charge on any atom is 0.231 e. The Bertz CT molecular complexity index is 354. The number of fused-ring (bicyclic) bond motifs is 1. The van der Waals surface area contributed by atoms with Crippen molar-refractivity contribution in [1.82, 2.24) is 10.3 Å². The number of hydrogen-bond acceptors (Lipinski definition) is 4. The van der Waals surface area contributed by atoms with Crippen molar-refractivity contribution in [2.45, 2.75) is 0 Å². The van der Waals surface area contributed by atoms with Gasteiger partial charge < -0.3 is 14.8 Å². The molecule has 0 saturated heterocycles. The molecule has 4 nitrogen and oxygen atoms in total. The number of pyridine rings is 1. The van der Waals surface area contributed by atoms with Crippen LogP contribution in [0.5, 0.6) is 11.5 Å². The molecule has 0 aliphatic carbocycles. The second kappa shape index (κ2) is 3.18. The first-order valence-electron chi connectivity index (χ1n) is 3.79. The van der Waals surface area contributed by atoms with E-state index < -0.39 is 0 Å². The zero-order valence-electron chi connectivity index (χ0n) is 7.03. The standard InChI is InChI=1S/C8H8N2O2S/c1-9-8(13)5-2-6-7(3-10-5)12-4-11-6/h2-3H,4H2,1H3,(H,9,13). The van der Waals surface area contributed by atoms with Crippen LogP contribution in [-0.2, 0) is 0 Å². The molecule has 2 heterocycles. The van der Waals surface area contributed by atoms with Gasteiger partial charge in [-0.15, -0.1) is 0 Å². The molecule has 1 N–H and O–H groups in total. The highest BCUT2D eigenvalue weighted by Gasteiger charge is 2.15. The Kier molecular flexibility index (Phi) is 2.02. The first-order valence-corrected chi connectivity index (χ1v) is 4.20. The molecule has 1 aliphatic heterocycles. The maximum absolute atomic E-state index is 5.18. The number of hydrogen-bond donors (Lipinski definition) is 1. The maximum atomic E-state index is 5.18. The Hall–Kier alpha value is -1.36. The van der Waals surface area contributed by atoms with Gasteiger partial charge in [0.1, 0.15) is 10.7 Å². The number of aromatic nitrogens is 1. The molecule has 1 aromatic heterocycles. The third-order valence-corrected chi connectivity index (χ3v) is 2.13. The van der Waals surface area contributed by atoms with Crippen LogP contribution in [-0.4, -0.2) is 23.8 Å². The molecule has 68 valence electrons. The monoisotopic (exact) mass is 196 g/mol. The molecule has 5 heteroatoms. The smallest absolute Gasteiger partial charge is 0.231 e. The van der Waals surface area contributed by atoms with Crippen LogP contribution in [0.15, 0.2) is 12.3 Å². The molecule has 0 saturated carbocycles. The predicted octanol–water partition coefficient (Wildman–Crippen LogP) is 0.705. The average molecular weight is 196 g/mol. The van der Waals surface area contributed by atoms with E-state index >= 15 is 0 Å². The van der Waals surface area contributed by atoms with Crippen molar-refractivity contribution in [1.29, 1.82) is 0 Å².